The molecule has 1 aliphatic rings. The Morgan fingerprint density at radius 2 is 1.81 bits per heavy atom. The van der Waals surface area contributed by atoms with E-state index in [1.807, 2.05) is 30.3 Å². The number of piperidine rings is 1. The molecule has 0 saturated carbocycles. The third-order valence-electron chi connectivity index (χ3n) is 4.96. The maximum Gasteiger partial charge on any atom is 0.225 e. The zero-order valence-electron chi connectivity index (χ0n) is 15.7. The van der Waals surface area contributed by atoms with Crippen molar-refractivity contribution in [3.63, 3.8) is 0 Å². The highest BCUT2D eigenvalue weighted by atomic mass is 16.5. The maximum atomic E-state index is 12.5. The van der Waals surface area contributed by atoms with Gasteiger partial charge < -0.3 is 15.0 Å². The van der Waals surface area contributed by atoms with Crippen molar-refractivity contribution in [1.82, 2.24) is 10.2 Å². The normalized spacial score (nSPS) is 17.0. The molecule has 3 rings (SSSR count). The van der Waals surface area contributed by atoms with Gasteiger partial charge in [0.1, 0.15) is 0 Å². The molecule has 1 fully saturated rings. The monoisotopic (exact) mass is 366 g/mol. The van der Waals surface area contributed by atoms with Gasteiger partial charge in [0.15, 0.2) is 0 Å². The summed E-state index contributed by atoms with van der Waals surface area (Å²) in [4.78, 5) is 26.2. The molecule has 0 radical (unpaired) electrons. The maximum absolute atomic E-state index is 12.5. The van der Waals surface area contributed by atoms with Gasteiger partial charge in [0.25, 0.3) is 0 Å². The van der Waals surface area contributed by atoms with Gasteiger partial charge in [0.2, 0.25) is 11.8 Å². The fourth-order valence-corrected chi connectivity index (χ4v) is 3.33. The Balaban J connectivity index is 1.52. The first kappa shape index (κ1) is 19.1. The van der Waals surface area contributed by atoms with E-state index in [0.29, 0.717) is 39.1 Å². The lowest BCUT2D eigenvalue weighted by Crippen LogP contribution is -2.46. The van der Waals surface area contributed by atoms with Crippen LogP contribution in [-0.4, -0.2) is 43.5 Å². The summed E-state index contributed by atoms with van der Waals surface area (Å²) < 4.78 is 5.04. The van der Waals surface area contributed by atoms with E-state index >= 15 is 0 Å². The Hall–Kier alpha value is -2.66. The van der Waals surface area contributed by atoms with Crippen LogP contribution in [0, 0.1) is 5.92 Å². The minimum Gasteiger partial charge on any atom is -0.383 e. The van der Waals surface area contributed by atoms with Crippen molar-refractivity contribution in [2.75, 3.05) is 26.8 Å². The number of ether oxygens (including phenoxy) is 1. The van der Waals surface area contributed by atoms with Crippen molar-refractivity contribution in [2.24, 2.45) is 5.92 Å². The zero-order chi connectivity index (χ0) is 19.1. The first-order chi connectivity index (χ1) is 13.2. The third kappa shape index (κ3) is 5.17. The number of likely N-dealkylation sites (tertiary alicyclic amines) is 1. The van der Waals surface area contributed by atoms with Crippen LogP contribution in [0.15, 0.2) is 54.6 Å². The summed E-state index contributed by atoms with van der Waals surface area (Å²) in [6.07, 6.45) is 1.04. The molecule has 142 valence electrons. The Bertz CT molecular complexity index is 759. The number of carbonyl (C=O) groups excluding carboxylic acids is 2. The Kier molecular flexibility index (Phi) is 6.60. The predicted octanol–water partition coefficient (Wildman–Crippen LogP) is 2.85. The number of nitrogens with one attached hydrogen (secondary N) is 1. The lowest BCUT2D eigenvalue weighted by molar-refractivity contribution is -0.138. The molecule has 0 unspecified atom stereocenters. The van der Waals surface area contributed by atoms with E-state index < -0.39 is 0 Å². The average molecular weight is 366 g/mol. The van der Waals surface area contributed by atoms with E-state index in [0.717, 1.165) is 11.1 Å². The first-order valence-electron chi connectivity index (χ1n) is 9.36. The molecule has 5 heteroatoms. The van der Waals surface area contributed by atoms with E-state index in [-0.39, 0.29) is 17.7 Å². The van der Waals surface area contributed by atoms with Gasteiger partial charge in [-0.2, -0.15) is 0 Å². The molecule has 1 N–H and O–H groups in total. The van der Waals surface area contributed by atoms with Crippen LogP contribution in [-0.2, 0) is 20.9 Å². The van der Waals surface area contributed by atoms with Crippen LogP contribution in [0.1, 0.15) is 18.4 Å². The van der Waals surface area contributed by atoms with Crippen molar-refractivity contribution in [1.29, 1.82) is 0 Å². The van der Waals surface area contributed by atoms with Crippen LogP contribution >= 0.6 is 0 Å². The van der Waals surface area contributed by atoms with Crippen molar-refractivity contribution < 1.29 is 14.3 Å². The first-order valence-corrected chi connectivity index (χ1v) is 9.36. The summed E-state index contributed by atoms with van der Waals surface area (Å²) in [6, 6.07) is 18.4. The topological polar surface area (TPSA) is 58.6 Å². The number of amides is 2. The molecule has 0 spiro atoms. The number of methoxy groups -OCH3 is 1. The number of carbonyl (C=O) groups is 2. The fourth-order valence-electron chi connectivity index (χ4n) is 3.33. The summed E-state index contributed by atoms with van der Waals surface area (Å²) in [6.45, 7) is 2.01. The summed E-state index contributed by atoms with van der Waals surface area (Å²) in [5.74, 6) is -0.0344. The van der Waals surface area contributed by atoms with Crippen molar-refractivity contribution in [3.05, 3.63) is 60.2 Å². The average Bonchev–Trinajstić information content (AvgIpc) is 2.72. The molecule has 27 heavy (non-hydrogen) atoms. The third-order valence-corrected chi connectivity index (χ3v) is 4.96. The van der Waals surface area contributed by atoms with Crippen LogP contribution < -0.4 is 5.32 Å². The summed E-state index contributed by atoms with van der Waals surface area (Å²) in [7, 11) is 1.61. The van der Waals surface area contributed by atoms with Crippen LogP contribution in [0.4, 0.5) is 0 Å². The molecule has 2 aromatic carbocycles. The molecule has 0 bridgehead atoms. The van der Waals surface area contributed by atoms with Gasteiger partial charge >= 0.3 is 0 Å². The zero-order valence-corrected chi connectivity index (χ0v) is 15.7. The number of rotatable bonds is 7. The van der Waals surface area contributed by atoms with E-state index in [9.17, 15) is 9.59 Å². The number of benzene rings is 2. The molecular weight excluding hydrogens is 340 g/mol. The lowest BCUT2D eigenvalue weighted by Gasteiger charge is -2.31. The molecular formula is C22H26N2O3. The van der Waals surface area contributed by atoms with E-state index in [2.05, 4.69) is 29.6 Å². The quantitative estimate of drug-likeness (QED) is 0.820. The minimum atomic E-state index is -0.150. The molecule has 2 amide bonds. The van der Waals surface area contributed by atoms with Gasteiger partial charge in [-0.25, -0.2) is 0 Å². The molecule has 0 aromatic heterocycles. The second-order valence-corrected chi connectivity index (χ2v) is 6.85. The fraction of sp³-hybridized carbons (Fsp3) is 0.364. The van der Waals surface area contributed by atoms with E-state index in [1.165, 1.54) is 5.56 Å². The minimum absolute atomic E-state index is 0.0112. The smallest absolute Gasteiger partial charge is 0.225 e. The highest BCUT2D eigenvalue weighted by molar-refractivity contribution is 5.83. The van der Waals surface area contributed by atoms with Crippen LogP contribution in [0.3, 0.4) is 0 Å². The molecule has 1 atom stereocenters. The lowest BCUT2D eigenvalue weighted by atomic mass is 9.96. The van der Waals surface area contributed by atoms with Gasteiger partial charge in [-0.1, -0.05) is 54.6 Å². The molecule has 5 nitrogen and oxygen atoms in total. The number of nitrogens with zero attached hydrogens (tertiary/aromatic N) is 1. The highest BCUT2D eigenvalue weighted by Gasteiger charge is 2.29. The highest BCUT2D eigenvalue weighted by Crippen LogP contribution is 2.20. The number of hydrogen-bond donors (Lipinski definition) is 1. The molecule has 1 aliphatic heterocycles. The molecule has 0 aliphatic carbocycles. The van der Waals surface area contributed by atoms with Gasteiger partial charge in [0.05, 0.1) is 12.5 Å². The standard InChI is InChI=1S/C22H26N2O3/c1-27-14-13-24-16-20(11-12-21(24)25)22(26)23-15-17-7-9-19(10-8-17)18-5-3-2-4-6-18/h2-10,20H,11-16H2,1H3,(H,23,26)/t20-/m1/s1. The second kappa shape index (κ2) is 9.33. The van der Waals surface area contributed by atoms with Crippen molar-refractivity contribution in [2.45, 2.75) is 19.4 Å². The second-order valence-electron chi connectivity index (χ2n) is 6.85. The Morgan fingerprint density at radius 1 is 1.11 bits per heavy atom. The summed E-state index contributed by atoms with van der Waals surface area (Å²) >= 11 is 0. The van der Waals surface area contributed by atoms with Crippen LogP contribution in [0.2, 0.25) is 0 Å². The van der Waals surface area contributed by atoms with Gasteiger partial charge in [0, 0.05) is 33.2 Å². The van der Waals surface area contributed by atoms with Gasteiger partial charge in [-0.3, -0.25) is 9.59 Å². The largest absolute Gasteiger partial charge is 0.383 e. The predicted molar refractivity (Wildman–Crippen MR) is 105 cm³/mol. The summed E-state index contributed by atoms with van der Waals surface area (Å²) in [5.41, 5.74) is 3.40. The van der Waals surface area contributed by atoms with Crippen LogP contribution in [0.25, 0.3) is 11.1 Å². The Morgan fingerprint density at radius 3 is 2.52 bits per heavy atom. The van der Waals surface area contributed by atoms with Gasteiger partial charge in [-0.15, -0.1) is 0 Å². The van der Waals surface area contributed by atoms with Crippen molar-refractivity contribution in [3.8, 4) is 11.1 Å². The van der Waals surface area contributed by atoms with E-state index in [4.69, 9.17) is 4.74 Å². The van der Waals surface area contributed by atoms with Crippen molar-refractivity contribution >= 4 is 11.8 Å². The SMILES string of the molecule is COCCN1C[C@H](C(=O)NCc2ccc(-c3ccccc3)cc2)CCC1=O. The number of hydrogen-bond acceptors (Lipinski definition) is 3. The van der Waals surface area contributed by atoms with E-state index in [1.54, 1.807) is 12.0 Å². The molecule has 1 saturated heterocycles. The van der Waals surface area contributed by atoms with Gasteiger partial charge in [-0.05, 0) is 23.1 Å². The van der Waals surface area contributed by atoms with Crippen LogP contribution in [0.5, 0.6) is 0 Å². The summed E-state index contributed by atoms with van der Waals surface area (Å²) in [5, 5.41) is 3.01. The molecule has 2 aromatic rings. The Labute approximate surface area is 160 Å². The molecule has 1 heterocycles.